The molecule has 29 heavy (non-hydrogen) atoms. The van der Waals surface area contributed by atoms with Crippen molar-refractivity contribution in [2.75, 3.05) is 65.6 Å². The fourth-order valence-corrected chi connectivity index (χ4v) is 3.74. The number of morpholine rings is 1. The van der Waals surface area contributed by atoms with Crippen LogP contribution in [0.2, 0.25) is 0 Å². The second kappa shape index (κ2) is 15.6. The van der Waals surface area contributed by atoms with Crippen LogP contribution in [0.3, 0.4) is 0 Å². The van der Waals surface area contributed by atoms with Crippen molar-refractivity contribution in [3.05, 3.63) is 0 Å². The van der Waals surface area contributed by atoms with E-state index < -0.39 is 5.60 Å². The SMILES string of the molecule is CCNC(=NCC(C)(O)CN1CCOCC1)NCC(CC(C)C)N(CC)CC.I. The maximum atomic E-state index is 10.8. The molecule has 0 amide bonds. The van der Waals surface area contributed by atoms with Gasteiger partial charge in [-0.1, -0.05) is 27.7 Å². The number of hydrogen-bond acceptors (Lipinski definition) is 5. The summed E-state index contributed by atoms with van der Waals surface area (Å²) in [5, 5.41) is 17.6. The monoisotopic (exact) mass is 527 g/mol. The van der Waals surface area contributed by atoms with Crippen LogP contribution >= 0.6 is 24.0 Å². The van der Waals surface area contributed by atoms with Gasteiger partial charge in [0, 0.05) is 38.8 Å². The number of halogens is 1. The molecule has 0 bridgehead atoms. The van der Waals surface area contributed by atoms with Gasteiger partial charge in [-0.2, -0.15) is 0 Å². The van der Waals surface area contributed by atoms with Gasteiger partial charge < -0.3 is 20.5 Å². The summed E-state index contributed by atoms with van der Waals surface area (Å²) in [6, 6.07) is 0.479. The van der Waals surface area contributed by atoms with E-state index in [4.69, 9.17) is 4.74 Å². The molecular formula is C21H46IN5O2. The topological polar surface area (TPSA) is 72.4 Å². The van der Waals surface area contributed by atoms with E-state index in [1.54, 1.807) is 0 Å². The maximum Gasteiger partial charge on any atom is 0.191 e. The summed E-state index contributed by atoms with van der Waals surface area (Å²) < 4.78 is 5.39. The molecule has 1 heterocycles. The average molecular weight is 528 g/mol. The van der Waals surface area contributed by atoms with Gasteiger partial charge in [0.15, 0.2) is 5.96 Å². The van der Waals surface area contributed by atoms with Gasteiger partial charge in [-0.25, -0.2) is 0 Å². The number of guanidine groups is 1. The van der Waals surface area contributed by atoms with Gasteiger partial charge in [0.1, 0.15) is 0 Å². The van der Waals surface area contributed by atoms with Crippen molar-refractivity contribution in [2.24, 2.45) is 10.9 Å². The Morgan fingerprint density at radius 1 is 1.17 bits per heavy atom. The summed E-state index contributed by atoms with van der Waals surface area (Å²) in [7, 11) is 0. The van der Waals surface area contributed by atoms with E-state index in [0.717, 1.165) is 64.9 Å². The molecule has 1 aliphatic rings. The molecule has 0 aliphatic carbocycles. The van der Waals surface area contributed by atoms with E-state index in [1.807, 2.05) is 6.92 Å². The molecule has 8 heteroatoms. The quantitative estimate of drug-likeness (QED) is 0.205. The van der Waals surface area contributed by atoms with E-state index in [-0.39, 0.29) is 24.0 Å². The van der Waals surface area contributed by atoms with Crippen molar-refractivity contribution in [1.82, 2.24) is 20.4 Å². The van der Waals surface area contributed by atoms with Gasteiger partial charge in [-0.3, -0.25) is 14.8 Å². The molecule has 2 unspecified atom stereocenters. The van der Waals surface area contributed by atoms with Crippen molar-refractivity contribution in [2.45, 2.75) is 59.6 Å². The van der Waals surface area contributed by atoms with Gasteiger partial charge >= 0.3 is 0 Å². The Bertz CT molecular complexity index is 439. The minimum absolute atomic E-state index is 0. The largest absolute Gasteiger partial charge is 0.387 e. The first-order valence-corrected chi connectivity index (χ1v) is 11.1. The van der Waals surface area contributed by atoms with E-state index >= 15 is 0 Å². The number of rotatable bonds is 12. The van der Waals surface area contributed by atoms with Gasteiger partial charge in [0.25, 0.3) is 0 Å². The Labute approximate surface area is 196 Å². The van der Waals surface area contributed by atoms with Gasteiger partial charge in [0.2, 0.25) is 0 Å². The second-order valence-electron chi connectivity index (χ2n) is 8.47. The fraction of sp³-hybridized carbons (Fsp3) is 0.952. The lowest BCUT2D eigenvalue weighted by molar-refractivity contribution is -0.0180. The van der Waals surface area contributed by atoms with E-state index in [2.05, 4.69) is 60.0 Å². The number of β-amino-alcohol motifs (C(OH)–C–C–N with tert-alkyl or cyclic N) is 1. The third-order valence-corrected chi connectivity index (χ3v) is 5.17. The summed E-state index contributed by atoms with van der Waals surface area (Å²) in [6.07, 6.45) is 1.16. The van der Waals surface area contributed by atoms with E-state index in [1.165, 1.54) is 0 Å². The zero-order valence-electron chi connectivity index (χ0n) is 19.5. The molecule has 1 rings (SSSR count). The third kappa shape index (κ3) is 12.3. The summed E-state index contributed by atoms with van der Waals surface area (Å²) >= 11 is 0. The van der Waals surface area contributed by atoms with Gasteiger partial charge in [-0.05, 0) is 39.3 Å². The summed E-state index contributed by atoms with van der Waals surface area (Å²) in [6.45, 7) is 20.9. The number of ether oxygens (including phenoxy) is 1. The van der Waals surface area contributed by atoms with E-state index in [0.29, 0.717) is 25.0 Å². The number of hydrogen-bond donors (Lipinski definition) is 3. The lowest BCUT2D eigenvalue weighted by Gasteiger charge is -2.33. The smallest absolute Gasteiger partial charge is 0.191 e. The molecule has 0 radical (unpaired) electrons. The Balaban J connectivity index is 0.00000784. The van der Waals surface area contributed by atoms with Crippen molar-refractivity contribution >= 4 is 29.9 Å². The molecule has 2 atom stereocenters. The molecule has 174 valence electrons. The molecule has 1 saturated heterocycles. The zero-order valence-corrected chi connectivity index (χ0v) is 21.9. The summed E-state index contributed by atoms with van der Waals surface area (Å²) in [5.74, 6) is 1.44. The second-order valence-corrected chi connectivity index (χ2v) is 8.47. The van der Waals surface area contributed by atoms with Crippen LogP contribution in [0, 0.1) is 5.92 Å². The van der Waals surface area contributed by atoms with Crippen molar-refractivity contribution < 1.29 is 9.84 Å². The predicted octanol–water partition coefficient (Wildman–Crippen LogP) is 2.00. The molecule has 0 aromatic heterocycles. The highest BCUT2D eigenvalue weighted by Crippen LogP contribution is 2.11. The van der Waals surface area contributed by atoms with Crippen molar-refractivity contribution in [3.63, 3.8) is 0 Å². The molecule has 0 aromatic carbocycles. The van der Waals surface area contributed by atoms with Gasteiger partial charge in [0.05, 0.1) is 25.4 Å². The summed E-state index contributed by atoms with van der Waals surface area (Å²) in [5.41, 5.74) is -0.851. The Morgan fingerprint density at radius 3 is 2.31 bits per heavy atom. The Hall–Kier alpha value is -0.160. The first kappa shape index (κ1) is 28.8. The van der Waals surface area contributed by atoms with Crippen molar-refractivity contribution in [3.8, 4) is 0 Å². The number of nitrogens with one attached hydrogen (secondary N) is 2. The van der Waals surface area contributed by atoms with Crippen LogP contribution in [0.15, 0.2) is 4.99 Å². The van der Waals surface area contributed by atoms with Crippen LogP contribution < -0.4 is 10.6 Å². The standard InChI is InChI=1S/C21H45N5O2.HI/c1-7-22-20(23-15-19(14-18(4)5)26(8-2)9-3)24-16-21(6,27)17-25-10-12-28-13-11-25;/h18-19,27H,7-17H2,1-6H3,(H2,22,23,24);1H. The third-order valence-electron chi connectivity index (χ3n) is 5.17. The van der Waals surface area contributed by atoms with Crippen molar-refractivity contribution in [1.29, 1.82) is 0 Å². The van der Waals surface area contributed by atoms with Crippen LogP contribution in [0.1, 0.15) is 48.0 Å². The average Bonchev–Trinajstić information content (AvgIpc) is 2.64. The molecule has 0 aromatic rings. The lowest BCUT2D eigenvalue weighted by Crippen LogP contribution is -2.49. The highest BCUT2D eigenvalue weighted by molar-refractivity contribution is 14.0. The fourth-order valence-electron chi connectivity index (χ4n) is 3.74. The van der Waals surface area contributed by atoms with E-state index in [9.17, 15) is 5.11 Å². The molecule has 1 fully saturated rings. The number of aliphatic imine (C=N–C) groups is 1. The lowest BCUT2D eigenvalue weighted by atomic mass is 10.0. The maximum absolute atomic E-state index is 10.8. The molecule has 0 saturated carbocycles. The van der Waals surface area contributed by atoms with Crippen LogP contribution in [-0.4, -0.2) is 98.1 Å². The first-order chi connectivity index (χ1) is 13.3. The van der Waals surface area contributed by atoms with Crippen LogP contribution in [0.25, 0.3) is 0 Å². The Kier molecular flexibility index (Phi) is 15.5. The molecular weight excluding hydrogens is 481 g/mol. The Morgan fingerprint density at radius 2 is 1.79 bits per heavy atom. The van der Waals surface area contributed by atoms with Crippen LogP contribution in [0.5, 0.6) is 0 Å². The molecule has 1 aliphatic heterocycles. The van der Waals surface area contributed by atoms with Crippen LogP contribution in [0.4, 0.5) is 0 Å². The normalized spacial score (nSPS) is 19.0. The first-order valence-electron chi connectivity index (χ1n) is 11.1. The number of nitrogens with zero attached hydrogens (tertiary/aromatic N) is 3. The van der Waals surface area contributed by atoms with Crippen LogP contribution in [-0.2, 0) is 4.74 Å². The minimum Gasteiger partial charge on any atom is -0.387 e. The van der Waals surface area contributed by atoms with Gasteiger partial charge in [-0.15, -0.1) is 24.0 Å². The molecule has 0 spiro atoms. The highest BCUT2D eigenvalue weighted by Gasteiger charge is 2.25. The minimum atomic E-state index is -0.851. The molecule has 7 nitrogen and oxygen atoms in total. The number of aliphatic hydroxyl groups is 1. The number of likely N-dealkylation sites (N-methyl/N-ethyl adjacent to an activating group) is 1. The zero-order chi connectivity index (χ0) is 21.0. The molecule has 3 N–H and O–H groups in total. The predicted molar refractivity (Wildman–Crippen MR) is 133 cm³/mol. The highest BCUT2D eigenvalue weighted by atomic mass is 127. The summed E-state index contributed by atoms with van der Waals surface area (Å²) in [4.78, 5) is 9.43.